The third kappa shape index (κ3) is 4.77. The number of nitrogens with zero attached hydrogens (tertiary/aromatic N) is 5. The number of benzene rings is 2. The molecule has 252 valence electrons. The maximum absolute atomic E-state index is 17.2. The Bertz CT molecular complexity index is 2020. The predicted molar refractivity (Wildman–Crippen MR) is 177 cm³/mol. The van der Waals surface area contributed by atoms with E-state index in [9.17, 15) is 9.65 Å². The Hall–Kier alpha value is -3.60. The van der Waals surface area contributed by atoms with E-state index in [1.807, 2.05) is 6.07 Å². The molecule has 4 aliphatic heterocycles. The zero-order chi connectivity index (χ0) is 33.5. The van der Waals surface area contributed by atoms with Gasteiger partial charge in [-0.1, -0.05) is 24.6 Å². The summed E-state index contributed by atoms with van der Waals surface area (Å²) in [6.45, 7) is 4.53. The highest BCUT2D eigenvalue weighted by Gasteiger charge is 2.49. The van der Waals surface area contributed by atoms with Gasteiger partial charge in [-0.2, -0.15) is 15.2 Å². The van der Waals surface area contributed by atoms with Crippen molar-refractivity contribution in [3.8, 4) is 29.0 Å². The topological polar surface area (TPSA) is 101 Å². The molecule has 8 rings (SSSR count). The number of fused-ring (bicyclic) bond motifs is 4. The Morgan fingerprint density at radius 1 is 1.17 bits per heavy atom. The summed E-state index contributed by atoms with van der Waals surface area (Å²) in [4.78, 5) is 13.3. The average molecular weight is 701 g/mol. The highest BCUT2D eigenvalue weighted by molar-refractivity contribution is 7.23. The number of nitriles is 1. The van der Waals surface area contributed by atoms with Crippen LogP contribution in [0.25, 0.3) is 32.1 Å². The van der Waals surface area contributed by atoms with E-state index in [1.54, 1.807) is 4.90 Å². The summed E-state index contributed by atoms with van der Waals surface area (Å²) < 4.78 is 76.1. The molecule has 0 radical (unpaired) electrons. The second-order valence-electron chi connectivity index (χ2n) is 13.6. The molecule has 2 aromatic heterocycles. The molecule has 0 saturated carbocycles. The minimum absolute atomic E-state index is 0.00291. The van der Waals surface area contributed by atoms with Gasteiger partial charge in [0.25, 0.3) is 5.92 Å². The second kappa shape index (κ2) is 11.5. The summed E-state index contributed by atoms with van der Waals surface area (Å²) in [5, 5.41) is 10.0. The molecular weight excluding hydrogens is 668 g/mol. The monoisotopic (exact) mass is 700 g/mol. The summed E-state index contributed by atoms with van der Waals surface area (Å²) in [5.74, 6) is -3.98. The van der Waals surface area contributed by atoms with Crippen LogP contribution in [0.4, 0.5) is 28.4 Å². The lowest BCUT2D eigenvalue weighted by atomic mass is 9.92. The number of rotatable bonds is 4. The first-order chi connectivity index (χ1) is 23.0. The van der Waals surface area contributed by atoms with Crippen LogP contribution in [0.1, 0.15) is 57.4 Å². The molecule has 48 heavy (non-hydrogen) atoms. The van der Waals surface area contributed by atoms with Crippen molar-refractivity contribution >= 4 is 54.7 Å². The van der Waals surface area contributed by atoms with E-state index in [4.69, 9.17) is 31.8 Å². The second-order valence-corrected chi connectivity index (χ2v) is 15.0. The lowest BCUT2D eigenvalue weighted by molar-refractivity contribution is -0.0370. The number of nitrogen functional groups attached to an aromatic ring is 1. The van der Waals surface area contributed by atoms with Crippen LogP contribution in [0.15, 0.2) is 12.1 Å². The van der Waals surface area contributed by atoms with E-state index in [0.717, 1.165) is 49.8 Å². The van der Waals surface area contributed by atoms with Crippen molar-refractivity contribution < 1.29 is 27.0 Å². The number of alkyl halides is 2. The van der Waals surface area contributed by atoms with Crippen LogP contribution in [0.3, 0.4) is 0 Å². The summed E-state index contributed by atoms with van der Waals surface area (Å²) in [5.41, 5.74) is 5.62. The van der Waals surface area contributed by atoms with Crippen molar-refractivity contribution in [2.75, 3.05) is 43.5 Å². The first-order valence-electron chi connectivity index (χ1n) is 16.3. The van der Waals surface area contributed by atoms with Crippen LogP contribution >= 0.6 is 22.9 Å². The van der Waals surface area contributed by atoms with Gasteiger partial charge in [0.1, 0.15) is 34.8 Å². The first kappa shape index (κ1) is 31.7. The van der Waals surface area contributed by atoms with Gasteiger partial charge in [0, 0.05) is 36.9 Å². The molecule has 8 nitrogen and oxygen atoms in total. The van der Waals surface area contributed by atoms with E-state index < -0.39 is 23.6 Å². The van der Waals surface area contributed by atoms with E-state index in [2.05, 4.69) is 16.8 Å². The summed E-state index contributed by atoms with van der Waals surface area (Å²) >= 11 is 7.88. The summed E-state index contributed by atoms with van der Waals surface area (Å²) in [7, 11) is 0. The van der Waals surface area contributed by atoms with Crippen LogP contribution in [-0.4, -0.2) is 65.2 Å². The van der Waals surface area contributed by atoms with Crippen molar-refractivity contribution in [3.63, 3.8) is 0 Å². The molecule has 2 N–H and O–H groups in total. The molecule has 0 spiro atoms. The molecule has 0 bridgehead atoms. The van der Waals surface area contributed by atoms with Crippen molar-refractivity contribution in [2.45, 2.75) is 69.4 Å². The average Bonchev–Trinajstić information content (AvgIpc) is 3.65. The Labute approximate surface area is 283 Å². The van der Waals surface area contributed by atoms with Crippen LogP contribution < -0.4 is 20.1 Å². The Balaban J connectivity index is 1.37. The number of halogens is 5. The lowest BCUT2D eigenvalue weighted by Crippen LogP contribution is -2.48. The van der Waals surface area contributed by atoms with Gasteiger partial charge < -0.3 is 20.1 Å². The van der Waals surface area contributed by atoms with E-state index in [0.29, 0.717) is 18.8 Å². The fraction of sp³-hybridized carbons (Fsp3) is 0.500. The van der Waals surface area contributed by atoms with Gasteiger partial charge in [0.05, 0.1) is 38.9 Å². The Morgan fingerprint density at radius 3 is 2.81 bits per heavy atom. The molecule has 14 heteroatoms. The minimum Gasteiger partial charge on any atom is -0.491 e. The van der Waals surface area contributed by atoms with Gasteiger partial charge in [0.2, 0.25) is 0 Å². The lowest BCUT2D eigenvalue weighted by Gasteiger charge is -2.38. The minimum atomic E-state index is -3.05. The predicted octanol–water partition coefficient (Wildman–Crippen LogP) is 7.93. The van der Waals surface area contributed by atoms with Crippen LogP contribution in [0.5, 0.6) is 11.8 Å². The number of hydrogen-bond donors (Lipinski definition) is 1. The third-order valence-corrected chi connectivity index (χ3v) is 11.9. The molecule has 3 saturated heterocycles. The number of anilines is 2. The number of nitrogens with two attached hydrogens (primary N) is 1. The van der Waals surface area contributed by atoms with Crippen molar-refractivity contribution in [2.24, 2.45) is 5.92 Å². The molecule has 3 atom stereocenters. The number of thiophene rings is 1. The molecule has 6 heterocycles. The molecule has 0 aliphatic carbocycles. The van der Waals surface area contributed by atoms with Crippen LogP contribution in [-0.2, 0) is 0 Å². The van der Waals surface area contributed by atoms with Gasteiger partial charge in [-0.15, -0.1) is 11.3 Å². The maximum Gasteiger partial charge on any atom is 0.319 e. The highest BCUT2D eigenvalue weighted by atomic mass is 35.5. The number of hydrogen-bond acceptors (Lipinski definition) is 9. The third-order valence-electron chi connectivity index (χ3n) is 10.5. The molecule has 2 unspecified atom stereocenters. The SMILES string of the molecule is C[C@H]1CN2CCCC2(COc2nc3c4c(c(Cl)c(-c5ccc(F)c6sc(N)c(C#N)c56)c(F)c4n2)OCCC2N3CCCCC2(F)F)C1. The highest BCUT2D eigenvalue weighted by Crippen LogP contribution is 2.52. The Morgan fingerprint density at radius 2 is 2.00 bits per heavy atom. The normalized spacial score (nSPS) is 25.2. The van der Waals surface area contributed by atoms with E-state index >= 15 is 13.2 Å². The van der Waals surface area contributed by atoms with Crippen molar-refractivity contribution in [1.29, 1.82) is 5.26 Å². The van der Waals surface area contributed by atoms with Gasteiger partial charge in [-0.25, -0.2) is 17.6 Å². The summed E-state index contributed by atoms with van der Waals surface area (Å²) in [6.07, 6.45) is 3.40. The quantitative estimate of drug-likeness (QED) is 0.214. The Kier molecular flexibility index (Phi) is 7.58. The molecule has 0 amide bonds. The zero-order valence-electron chi connectivity index (χ0n) is 26.2. The van der Waals surface area contributed by atoms with Gasteiger partial charge in [-0.3, -0.25) is 4.90 Å². The van der Waals surface area contributed by atoms with Gasteiger partial charge in [0.15, 0.2) is 11.6 Å². The first-order valence-corrected chi connectivity index (χ1v) is 17.5. The van der Waals surface area contributed by atoms with E-state index in [-0.39, 0.29) is 103 Å². The van der Waals surface area contributed by atoms with Gasteiger partial charge in [-0.05, 0) is 56.2 Å². The standard InChI is InChI=1S/C34H33ClF4N6O2S/c1-17-13-33(8-4-10-44(33)15-17)16-47-32-42-27-24-28(46-12-7-21-34(38,39)9-2-3-11-45(21)31(24)43-32)25(35)23(26(27)37)18-5-6-20(36)29-22(18)19(14-40)30(41)48-29/h5-6,17,21H,2-4,7-13,15-16,41H2,1H3/t17-,21?,33?/m1/s1. The van der Waals surface area contributed by atoms with Crippen LogP contribution in [0, 0.1) is 28.9 Å². The molecular formula is C34H33ClF4N6O2S. The number of ether oxygens (including phenoxy) is 2. The largest absolute Gasteiger partial charge is 0.491 e. The molecule has 4 aromatic rings. The summed E-state index contributed by atoms with van der Waals surface area (Å²) in [6, 6.07) is 3.14. The smallest absolute Gasteiger partial charge is 0.319 e. The van der Waals surface area contributed by atoms with E-state index in [1.165, 1.54) is 6.07 Å². The zero-order valence-corrected chi connectivity index (χ0v) is 27.8. The molecule has 2 aromatic carbocycles. The van der Waals surface area contributed by atoms with Gasteiger partial charge >= 0.3 is 6.01 Å². The molecule has 4 aliphatic rings. The fourth-order valence-corrected chi connectivity index (χ4v) is 9.78. The fourth-order valence-electron chi connectivity index (χ4n) is 8.50. The van der Waals surface area contributed by atoms with Crippen LogP contribution in [0.2, 0.25) is 5.02 Å². The van der Waals surface area contributed by atoms with Crippen molar-refractivity contribution in [1.82, 2.24) is 14.9 Å². The van der Waals surface area contributed by atoms with Crippen molar-refractivity contribution in [3.05, 3.63) is 34.4 Å². The maximum atomic E-state index is 17.2. The number of aromatic nitrogens is 2. The molecule has 3 fully saturated rings.